The lowest BCUT2D eigenvalue weighted by molar-refractivity contribution is 0.0941. The van der Waals surface area contributed by atoms with Gasteiger partial charge in [-0.05, 0) is 11.6 Å². The molecule has 1 aliphatic rings. The van der Waals surface area contributed by atoms with E-state index in [1.165, 1.54) is 0 Å². The predicted molar refractivity (Wildman–Crippen MR) is 100 cm³/mol. The second-order valence-electron chi connectivity index (χ2n) is 5.46. The van der Waals surface area contributed by atoms with Crippen molar-refractivity contribution in [3.8, 4) is 0 Å². The van der Waals surface area contributed by atoms with Crippen molar-refractivity contribution in [2.45, 2.75) is 13.0 Å². The van der Waals surface area contributed by atoms with Crippen LogP contribution < -0.4 is 5.32 Å². The summed E-state index contributed by atoms with van der Waals surface area (Å²) in [7, 11) is 0. The van der Waals surface area contributed by atoms with E-state index in [2.05, 4.69) is 22.9 Å². The van der Waals surface area contributed by atoms with Crippen LogP contribution in [-0.2, 0) is 0 Å². The number of piperazine rings is 1. The number of hydrogen-bond donors (Lipinski definition) is 1. The van der Waals surface area contributed by atoms with E-state index in [-0.39, 0.29) is 36.8 Å². The van der Waals surface area contributed by atoms with Crippen molar-refractivity contribution in [3.05, 3.63) is 48.7 Å². The second kappa shape index (κ2) is 8.50. The van der Waals surface area contributed by atoms with E-state index in [0.717, 1.165) is 42.6 Å². The minimum atomic E-state index is 0. The first-order chi connectivity index (χ1) is 10.2. The molecule has 1 aromatic heterocycles. The van der Waals surface area contributed by atoms with Gasteiger partial charge in [0.25, 0.3) is 0 Å². The van der Waals surface area contributed by atoms with Crippen LogP contribution in [0.5, 0.6) is 0 Å². The minimum absolute atomic E-state index is 0. The molecule has 1 N–H and O–H groups in total. The lowest BCUT2D eigenvalue weighted by atomic mass is 10.0. The molecule has 6 heteroatoms. The van der Waals surface area contributed by atoms with Gasteiger partial charge in [-0.2, -0.15) is 0 Å². The third-order valence-corrected chi connectivity index (χ3v) is 4.17. The quantitative estimate of drug-likeness (QED) is 0.858. The number of carbonyl (C=O) groups excluding carboxylic acids is 1. The maximum Gasteiger partial charge on any atom is 0.227 e. The van der Waals surface area contributed by atoms with Crippen LogP contribution >= 0.6 is 24.8 Å². The Bertz CT molecular complexity index is 678. The summed E-state index contributed by atoms with van der Waals surface area (Å²) in [5.41, 5.74) is 2.14. The van der Waals surface area contributed by atoms with E-state index in [1.807, 2.05) is 30.5 Å². The zero-order valence-electron chi connectivity index (χ0n) is 13.2. The molecule has 0 unspecified atom stereocenters. The molecule has 126 valence electrons. The number of halogens is 2. The molecule has 0 bridgehead atoms. The number of benzene rings is 1. The highest BCUT2D eigenvalue weighted by Gasteiger charge is 2.23. The number of carbonyl (C=O) groups is 1. The van der Waals surface area contributed by atoms with Crippen LogP contribution in [-0.4, -0.2) is 41.6 Å². The lowest BCUT2D eigenvalue weighted by Crippen LogP contribution is -2.44. The number of nitrogens with one attached hydrogen (secondary N) is 1. The molecule has 0 radical (unpaired) electrons. The van der Waals surface area contributed by atoms with Gasteiger partial charge >= 0.3 is 0 Å². The molecular weight excluding hydrogens is 333 g/mol. The highest BCUT2D eigenvalue weighted by molar-refractivity contribution is 5.94. The van der Waals surface area contributed by atoms with Gasteiger partial charge in [0.1, 0.15) is 0 Å². The summed E-state index contributed by atoms with van der Waals surface area (Å²) in [4.78, 5) is 14.3. The number of nitrogens with zero attached hydrogens (tertiary/aromatic N) is 2. The standard InChI is InChI=1S/C17H21N3O.2ClH/c1-3-16(19-10-8-18-9-11-19)15-12-20(13(2)21)17-7-5-4-6-14(15)17;;/h3-7,12,16,18H,1,8-11H2,2H3;2*1H/t16-;;/m0../s1. The smallest absolute Gasteiger partial charge is 0.227 e. The van der Waals surface area contributed by atoms with Crippen LogP contribution in [0, 0.1) is 0 Å². The first kappa shape index (κ1) is 19.7. The van der Waals surface area contributed by atoms with E-state index in [4.69, 9.17) is 0 Å². The van der Waals surface area contributed by atoms with Crippen LogP contribution in [0.25, 0.3) is 10.9 Å². The van der Waals surface area contributed by atoms with Gasteiger partial charge in [0.15, 0.2) is 0 Å². The molecule has 0 aliphatic carbocycles. The van der Waals surface area contributed by atoms with Crippen molar-refractivity contribution in [2.24, 2.45) is 0 Å². The van der Waals surface area contributed by atoms with Gasteiger partial charge < -0.3 is 5.32 Å². The van der Waals surface area contributed by atoms with Gasteiger partial charge in [0.2, 0.25) is 5.91 Å². The minimum Gasteiger partial charge on any atom is -0.314 e. The average molecular weight is 356 g/mol. The van der Waals surface area contributed by atoms with Crippen molar-refractivity contribution < 1.29 is 4.79 Å². The van der Waals surface area contributed by atoms with Crippen molar-refractivity contribution in [2.75, 3.05) is 26.2 Å². The molecule has 23 heavy (non-hydrogen) atoms. The summed E-state index contributed by atoms with van der Waals surface area (Å²) in [6.07, 6.45) is 3.96. The SMILES string of the molecule is C=C[C@@H](c1cn(C(C)=O)c2ccccc12)N1CCNCC1.Cl.Cl. The summed E-state index contributed by atoms with van der Waals surface area (Å²) < 4.78 is 1.74. The molecule has 1 atom stereocenters. The van der Waals surface area contributed by atoms with Crippen molar-refractivity contribution in [1.82, 2.24) is 14.8 Å². The number of aromatic nitrogens is 1. The largest absolute Gasteiger partial charge is 0.314 e. The number of para-hydroxylation sites is 1. The Labute approximate surface area is 149 Å². The summed E-state index contributed by atoms with van der Waals surface area (Å²) in [5.74, 6) is 0.0422. The Hall–Kier alpha value is -1.33. The van der Waals surface area contributed by atoms with E-state index >= 15 is 0 Å². The maximum atomic E-state index is 11.9. The van der Waals surface area contributed by atoms with Gasteiger partial charge in [0.05, 0.1) is 11.6 Å². The van der Waals surface area contributed by atoms with E-state index in [9.17, 15) is 4.79 Å². The van der Waals surface area contributed by atoms with Crippen LogP contribution in [0.2, 0.25) is 0 Å². The normalized spacial score (nSPS) is 16.2. The predicted octanol–water partition coefficient (Wildman–Crippen LogP) is 3.28. The Morgan fingerprint density at radius 1 is 1.26 bits per heavy atom. The van der Waals surface area contributed by atoms with Crippen LogP contribution in [0.4, 0.5) is 0 Å². The molecule has 1 aliphatic heterocycles. The van der Waals surface area contributed by atoms with Crippen molar-refractivity contribution in [3.63, 3.8) is 0 Å². The van der Waals surface area contributed by atoms with E-state index in [1.54, 1.807) is 11.5 Å². The molecule has 4 nitrogen and oxygen atoms in total. The van der Waals surface area contributed by atoms with Crippen LogP contribution in [0.3, 0.4) is 0 Å². The van der Waals surface area contributed by atoms with Gasteiger partial charge in [-0.3, -0.25) is 14.3 Å². The summed E-state index contributed by atoms with van der Waals surface area (Å²) >= 11 is 0. The zero-order valence-corrected chi connectivity index (χ0v) is 14.8. The first-order valence-corrected chi connectivity index (χ1v) is 7.40. The Morgan fingerprint density at radius 2 is 1.91 bits per heavy atom. The fourth-order valence-electron chi connectivity index (χ4n) is 3.14. The fourth-order valence-corrected chi connectivity index (χ4v) is 3.14. The van der Waals surface area contributed by atoms with Gasteiger partial charge in [-0.25, -0.2) is 0 Å². The number of fused-ring (bicyclic) bond motifs is 1. The summed E-state index contributed by atoms with van der Waals surface area (Å²) in [5, 5.41) is 4.51. The molecule has 1 fully saturated rings. The van der Waals surface area contributed by atoms with Gasteiger partial charge in [-0.1, -0.05) is 24.3 Å². The Morgan fingerprint density at radius 3 is 2.52 bits per heavy atom. The first-order valence-electron chi connectivity index (χ1n) is 7.40. The molecular formula is C17H23Cl2N3O. The average Bonchev–Trinajstić information content (AvgIpc) is 2.89. The third-order valence-electron chi connectivity index (χ3n) is 4.17. The molecule has 2 heterocycles. The molecule has 1 saturated heterocycles. The summed E-state index contributed by atoms with van der Waals surface area (Å²) in [6, 6.07) is 8.23. The van der Waals surface area contributed by atoms with Crippen molar-refractivity contribution >= 4 is 41.6 Å². The lowest BCUT2D eigenvalue weighted by Gasteiger charge is -2.33. The molecule has 0 spiro atoms. The van der Waals surface area contributed by atoms with Crippen LogP contribution in [0.15, 0.2) is 43.1 Å². The third kappa shape index (κ3) is 3.78. The second-order valence-corrected chi connectivity index (χ2v) is 5.46. The summed E-state index contributed by atoms with van der Waals surface area (Å²) in [6.45, 7) is 9.60. The van der Waals surface area contributed by atoms with Gasteiger partial charge in [0, 0.05) is 44.7 Å². The maximum absolute atomic E-state index is 11.9. The van der Waals surface area contributed by atoms with E-state index < -0.39 is 0 Å². The van der Waals surface area contributed by atoms with E-state index in [0.29, 0.717) is 0 Å². The monoisotopic (exact) mass is 355 g/mol. The topological polar surface area (TPSA) is 37.3 Å². The molecule has 0 amide bonds. The Kier molecular flexibility index (Phi) is 7.29. The Balaban J connectivity index is 0.00000132. The molecule has 1 aromatic carbocycles. The van der Waals surface area contributed by atoms with Crippen LogP contribution in [0.1, 0.15) is 23.3 Å². The molecule has 0 saturated carbocycles. The highest BCUT2D eigenvalue weighted by atomic mass is 35.5. The molecule has 3 rings (SSSR count). The van der Waals surface area contributed by atoms with Crippen molar-refractivity contribution in [1.29, 1.82) is 0 Å². The molecule has 2 aromatic rings. The fraction of sp³-hybridized carbons (Fsp3) is 0.353. The number of rotatable bonds is 3. The van der Waals surface area contributed by atoms with Gasteiger partial charge in [-0.15, -0.1) is 31.4 Å². The zero-order chi connectivity index (χ0) is 14.8. The highest BCUT2D eigenvalue weighted by Crippen LogP contribution is 2.31. The number of hydrogen-bond acceptors (Lipinski definition) is 3.